The second kappa shape index (κ2) is 10.2. The number of sulfonamides is 1. The second-order valence-electron chi connectivity index (χ2n) is 10.4. The Hall–Kier alpha value is -3.57. The molecular weight excluding hydrogens is 517 g/mol. The second-order valence-corrected chi connectivity index (χ2v) is 12.9. The van der Waals surface area contributed by atoms with Gasteiger partial charge in [-0.2, -0.15) is 4.31 Å². The standard InChI is InChI=1S/C28H32FN7O2S/c1-20(2)39(37,38)34-16-14-33(15-17-34)27-10-4-8-23(31-27)25-19-30-26-11-12-28(32-36(25)26)35-13-5-9-24(35)21-6-3-7-22(29)18-21/h3-4,6-8,10-12,18-20,24H,5,9,13-17H2,1-2H3/t24-/m1/s1. The van der Waals surface area contributed by atoms with Crippen molar-refractivity contribution in [1.29, 1.82) is 0 Å². The van der Waals surface area contributed by atoms with E-state index in [2.05, 4.69) is 14.8 Å². The van der Waals surface area contributed by atoms with Gasteiger partial charge in [-0.05, 0) is 68.7 Å². The lowest BCUT2D eigenvalue weighted by atomic mass is 10.0. The van der Waals surface area contributed by atoms with E-state index in [0.29, 0.717) is 26.2 Å². The maximum Gasteiger partial charge on any atom is 0.216 e. The lowest BCUT2D eigenvalue weighted by Crippen LogP contribution is -2.50. The zero-order valence-corrected chi connectivity index (χ0v) is 22.9. The van der Waals surface area contributed by atoms with Crippen molar-refractivity contribution in [2.24, 2.45) is 0 Å². The van der Waals surface area contributed by atoms with Gasteiger partial charge < -0.3 is 9.80 Å². The van der Waals surface area contributed by atoms with Crippen LogP contribution in [0.2, 0.25) is 0 Å². The molecule has 0 radical (unpaired) electrons. The third-order valence-electron chi connectivity index (χ3n) is 7.64. The van der Waals surface area contributed by atoms with Crippen LogP contribution in [0.4, 0.5) is 16.0 Å². The topological polar surface area (TPSA) is 86.9 Å². The molecule has 0 N–H and O–H groups in total. The molecule has 0 bridgehead atoms. The molecule has 0 saturated carbocycles. The number of imidazole rings is 1. The highest BCUT2D eigenvalue weighted by Crippen LogP contribution is 2.35. The molecule has 1 aromatic carbocycles. The first-order valence-electron chi connectivity index (χ1n) is 13.4. The average Bonchev–Trinajstić information content (AvgIpc) is 3.60. The van der Waals surface area contributed by atoms with Gasteiger partial charge in [-0.1, -0.05) is 18.2 Å². The monoisotopic (exact) mass is 549 g/mol. The molecule has 0 unspecified atom stereocenters. The van der Waals surface area contributed by atoms with Gasteiger partial charge in [0.05, 0.1) is 23.2 Å². The molecule has 4 aromatic rings. The average molecular weight is 550 g/mol. The Kier molecular flexibility index (Phi) is 6.72. The van der Waals surface area contributed by atoms with Crippen molar-refractivity contribution in [3.8, 4) is 11.4 Å². The predicted octanol–water partition coefficient (Wildman–Crippen LogP) is 4.13. The molecular formula is C28H32FN7O2S. The third kappa shape index (κ3) is 4.85. The first kappa shape index (κ1) is 25.7. The minimum Gasteiger partial charge on any atom is -0.354 e. The Bertz CT molecular complexity index is 1600. The predicted molar refractivity (Wildman–Crippen MR) is 150 cm³/mol. The minimum absolute atomic E-state index is 0.0669. The van der Waals surface area contributed by atoms with E-state index in [1.807, 2.05) is 40.9 Å². The zero-order valence-electron chi connectivity index (χ0n) is 22.1. The number of halogens is 1. The smallest absolute Gasteiger partial charge is 0.216 e. The van der Waals surface area contributed by atoms with Crippen LogP contribution in [0.25, 0.3) is 17.0 Å². The van der Waals surface area contributed by atoms with Crippen molar-refractivity contribution in [2.45, 2.75) is 38.0 Å². The zero-order chi connectivity index (χ0) is 27.1. The largest absolute Gasteiger partial charge is 0.354 e. The Morgan fingerprint density at radius 2 is 1.74 bits per heavy atom. The van der Waals surface area contributed by atoms with Gasteiger partial charge in [-0.15, -0.1) is 5.10 Å². The summed E-state index contributed by atoms with van der Waals surface area (Å²) in [6.07, 6.45) is 3.72. The van der Waals surface area contributed by atoms with Crippen LogP contribution in [0.3, 0.4) is 0 Å². The fourth-order valence-corrected chi connectivity index (χ4v) is 6.77. The maximum absolute atomic E-state index is 13.9. The normalized spacial score (nSPS) is 18.9. The molecule has 3 aromatic heterocycles. The number of pyridine rings is 1. The number of aromatic nitrogens is 4. The highest BCUT2D eigenvalue weighted by molar-refractivity contribution is 7.89. The van der Waals surface area contributed by atoms with Gasteiger partial charge >= 0.3 is 0 Å². The molecule has 11 heteroatoms. The molecule has 5 heterocycles. The number of anilines is 2. The number of fused-ring (bicyclic) bond motifs is 1. The van der Waals surface area contributed by atoms with Crippen LogP contribution >= 0.6 is 0 Å². The summed E-state index contributed by atoms with van der Waals surface area (Å²) in [5.41, 5.74) is 3.19. The first-order chi connectivity index (χ1) is 18.8. The number of nitrogens with zero attached hydrogens (tertiary/aromatic N) is 7. The molecule has 2 fully saturated rings. The minimum atomic E-state index is -3.26. The molecule has 2 aliphatic heterocycles. The van der Waals surface area contributed by atoms with E-state index < -0.39 is 15.3 Å². The van der Waals surface area contributed by atoms with Crippen LogP contribution in [-0.4, -0.2) is 70.3 Å². The lowest BCUT2D eigenvalue weighted by molar-refractivity contribution is 0.380. The summed E-state index contributed by atoms with van der Waals surface area (Å²) >= 11 is 0. The van der Waals surface area contributed by atoms with E-state index in [-0.39, 0.29) is 11.9 Å². The van der Waals surface area contributed by atoms with E-state index >= 15 is 0 Å². The molecule has 0 spiro atoms. The molecule has 9 nitrogen and oxygen atoms in total. The van der Waals surface area contributed by atoms with E-state index in [0.717, 1.165) is 53.6 Å². The molecule has 6 rings (SSSR count). The van der Waals surface area contributed by atoms with Gasteiger partial charge in [0, 0.05) is 32.7 Å². The van der Waals surface area contributed by atoms with Crippen molar-refractivity contribution >= 4 is 27.3 Å². The van der Waals surface area contributed by atoms with Gasteiger partial charge in [-0.25, -0.2) is 27.3 Å². The highest BCUT2D eigenvalue weighted by atomic mass is 32.2. The van der Waals surface area contributed by atoms with Gasteiger partial charge in [0.2, 0.25) is 10.0 Å². The SMILES string of the molecule is CC(C)S(=O)(=O)N1CCN(c2cccc(-c3cnc4ccc(N5CCC[C@@H]5c5cccc(F)c5)nn34)n2)CC1. The summed E-state index contributed by atoms with van der Waals surface area (Å²) < 4.78 is 42.4. The maximum atomic E-state index is 13.9. The number of piperazine rings is 1. The van der Waals surface area contributed by atoms with E-state index in [4.69, 9.17) is 10.1 Å². The van der Waals surface area contributed by atoms with Crippen LogP contribution < -0.4 is 9.80 Å². The molecule has 0 amide bonds. The molecule has 2 aliphatic rings. The quantitative estimate of drug-likeness (QED) is 0.357. The van der Waals surface area contributed by atoms with Crippen molar-refractivity contribution in [2.75, 3.05) is 42.5 Å². The summed E-state index contributed by atoms with van der Waals surface area (Å²) in [4.78, 5) is 13.8. The Balaban J connectivity index is 1.26. The summed E-state index contributed by atoms with van der Waals surface area (Å²) in [7, 11) is -3.26. The van der Waals surface area contributed by atoms with Crippen LogP contribution in [0.5, 0.6) is 0 Å². The summed E-state index contributed by atoms with van der Waals surface area (Å²) in [6.45, 7) is 6.31. The first-order valence-corrected chi connectivity index (χ1v) is 14.9. The van der Waals surface area contributed by atoms with Crippen molar-refractivity contribution in [3.05, 3.63) is 72.2 Å². The highest BCUT2D eigenvalue weighted by Gasteiger charge is 2.30. The Labute approximate surface area is 227 Å². The molecule has 2 saturated heterocycles. The molecule has 0 aliphatic carbocycles. The number of benzene rings is 1. The molecule has 1 atom stereocenters. The molecule has 204 valence electrons. The van der Waals surface area contributed by atoms with Crippen molar-refractivity contribution in [3.63, 3.8) is 0 Å². The van der Waals surface area contributed by atoms with E-state index in [1.165, 1.54) is 6.07 Å². The third-order valence-corrected chi connectivity index (χ3v) is 9.92. The number of hydrogen-bond donors (Lipinski definition) is 0. The fourth-order valence-electron chi connectivity index (χ4n) is 5.50. The van der Waals surface area contributed by atoms with Crippen molar-refractivity contribution in [1.82, 2.24) is 23.9 Å². The summed E-state index contributed by atoms with van der Waals surface area (Å²) in [6, 6.07) is 16.6. The van der Waals surface area contributed by atoms with Crippen LogP contribution in [0.1, 0.15) is 38.3 Å². The van der Waals surface area contributed by atoms with Gasteiger partial charge in [0.1, 0.15) is 23.1 Å². The number of hydrogen-bond acceptors (Lipinski definition) is 7. The van der Waals surface area contributed by atoms with Crippen LogP contribution in [0.15, 0.2) is 60.8 Å². The Morgan fingerprint density at radius 1 is 0.949 bits per heavy atom. The summed E-state index contributed by atoms with van der Waals surface area (Å²) in [5.74, 6) is 1.38. The Morgan fingerprint density at radius 3 is 2.51 bits per heavy atom. The van der Waals surface area contributed by atoms with Gasteiger partial charge in [0.25, 0.3) is 0 Å². The number of rotatable bonds is 6. The molecule has 39 heavy (non-hydrogen) atoms. The van der Waals surface area contributed by atoms with Crippen LogP contribution in [0, 0.1) is 5.82 Å². The van der Waals surface area contributed by atoms with E-state index in [1.54, 1.807) is 36.5 Å². The van der Waals surface area contributed by atoms with Gasteiger partial charge in [-0.3, -0.25) is 0 Å². The van der Waals surface area contributed by atoms with Gasteiger partial charge in [0.15, 0.2) is 5.65 Å². The fraction of sp³-hybridized carbons (Fsp3) is 0.393. The van der Waals surface area contributed by atoms with Crippen LogP contribution in [-0.2, 0) is 10.0 Å². The van der Waals surface area contributed by atoms with E-state index in [9.17, 15) is 12.8 Å². The van der Waals surface area contributed by atoms with Crippen molar-refractivity contribution < 1.29 is 12.8 Å². The lowest BCUT2D eigenvalue weighted by Gasteiger charge is -2.35. The summed E-state index contributed by atoms with van der Waals surface area (Å²) in [5, 5.41) is 4.52.